The molecule has 0 aliphatic carbocycles. The zero-order chi connectivity index (χ0) is 13.9. The second kappa shape index (κ2) is 10.6. The molecule has 1 unspecified atom stereocenters. The maximum Gasteiger partial charge on any atom is 0.0597 e. The molecule has 1 rings (SSSR count). The number of likely N-dealkylation sites (N-methyl/N-ethyl adjacent to an activating group) is 1. The van der Waals surface area contributed by atoms with E-state index in [1.54, 1.807) is 0 Å². The van der Waals surface area contributed by atoms with Crippen molar-refractivity contribution in [2.75, 3.05) is 59.6 Å². The van der Waals surface area contributed by atoms with Crippen LogP contribution in [-0.4, -0.2) is 75.5 Å². The molecule has 1 fully saturated rings. The van der Waals surface area contributed by atoms with Crippen LogP contribution in [0.15, 0.2) is 0 Å². The summed E-state index contributed by atoms with van der Waals surface area (Å²) in [6.45, 7) is 12.5. The lowest BCUT2D eigenvalue weighted by atomic mass is 10.2. The van der Waals surface area contributed by atoms with Gasteiger partial charge >= 0.3 is 0 Å². The van der Waals surface area contributed by atoms with Crippen LogP contribution in [-0.2, 0) is 9.47 Å². The van der Waals surface area contributed by atoms with E-state index in [0.29, 0.717) is 6.10 Å². The summed E-state index contributed by atoms with van der Waals surface area (Å²) in [5, 5.41) is 0. The van der Waals surface area contributed by atoms with Crippen LogP contribution >= 0.6 is 0 Å². The normalized spacial score (nSPS) is 18.9. The molecular weight excluding hydrogens is 240 g/mol. The number of hydrogen-bond acceptors (Lipinski definition) is 4. The third-order valence-electron chi connectivity index (χ3n) is 3.79. The first-order valence-corrected chi connectivity index (χ1v) is 7.86. The number of rotatable bonds is 10. The van der Waals surface area contributed by atoms with Crippen LogP contribution in [0.2, 0.25) is 0 Å². The average Bonchev–Trinajstić information content (AvgIpc) is 2.45. The number of nitrogens with zero attached hydrogens (tertiary/aromatic N) is 2. The zero-order valence-electron chi connectivity index (χ0n) is 13.1. The molecule has 0 aromatic rings. The van der Waals surface area contributed by atoms with Gasteiger partial charge in [0.1, 0.15) is 0 Å². The standard InChI is InChI=1S/C15H32N2O2/c1-4-6-15(5-2)19-14-9-16(3)7-8-17-10-12-18-13-11-17/h15H,4-14H2,1-3H3. The Bertz CT molecular complexity index is 208. The summed E-state index contributed by atoms with van der Waals surface area (Å²) in [6, 6.07) is 0. The van der Waals surface area contributed by atoms with Gasteiger partial charge in [-0.2, -0.15) is 0 Å². The molecule has 1 aliphatic rings. The van der Waals surface area contributed by atoms with E-state index in [1.807, 2.05) is 0 Å². The zero-order valence-corrected chi connectivity index (χ0v) is 13.1. The van der Waals surface area contributed by atoms with Crippen molar-refractivity contribution < 1.29 is 9.47 Å². The maximum atomic E-state index is 5.92. The molecule has 1 aliphatic heterocycles. The molecule has 0 spiro atoms. The summed E-state index contributed by atoms with van der Waals surface area (Å²) in [5.74, 6) is 0. The summed E-state index contributed by atoms with van der Waals surface area (Å²) in [7, 11) is 2.19. The summed E-state index contributed by atoms with van der Waals surface area (Å²) < 4.78 is 11.3. The molecule has 0 N–H and O–H groups in total. The first-order chi connectivity index (χ1) is 9.26. The number of hydrogen-bond donors (Lipinski definition) is 0. The molecule has 0 bridgehead atoms. The largest absolute Gasteiger partial charge is 0.379 e. The van der Waals surface area contributed by atoms with Gasteiger partial charge in [-0.15, -0.1) is 0 Å². The summed E-state index contributed by atoms with van der Waals surface area (Å²) in [5.41, 5.74) is 0. The fourth-order valence-electron chi connectivity index (χ4n) is 2.35. The molecule has 1 saturated heterocycles. The van der Waals surface area contributed by atoms with Gasteiger partial charge < -0.3 is 14.4 Å². The summed E-state index contributed by atoms with van der Waals surface area (Å²) >= 11 is 0. The first-order valence-electron chi connectivity index (χ1n) is 7.86. The molecule has 1 atom stereocenters. The molecule has 0 amide bonds. The van der Waals surface area contributed by atoms with E-state index in [2.05, 4.69) is 30.7 Å². The van der Waals surface area contributed by atoms with Gasteiger partial charge in [0.25, 0.3) is 0 Å². The van der Waals surface area contributed by atoms with E-state index in [9.17, 15) is 0 Å². The monoisotopic (exact) mass is 272 g/mol. The first kappa shape index (κ1) is 16.9. The molecule has 4 nitrogen and oxygen atoms in total. The van der Waals surface area contributed by atoms with E-state index in [1.165, 1.54) is 12.8 Å². The Hall–Kier alpha value is -0.160. The van der Waals surface area contributed by atoms with Gasteiger partial charge in [0.15, 0.2) is 0 Å². The molecule has 0 saturated carbocycles. The minimum Gasteiger partial charge on any atom is -0.379 e. The van der Waals surface area contributed by atoms with Gasteiger partial charge in [0.05, 0.1) is 25.9 Å². The lowest BCUT2D eigenvalue weighted by Crippen LogP contribution is -2.41. The summed E-state index contributed by atoms with van der Waals surface area (Å²) in [6.07, 6.45) is 3.99. The Labute approximate surface area is 119 Å². The van der Waals surface area contributed by atoms with Gasteiger partial charge in [-0.05, 0) is 19.9 Å². The van der Waals surface area contributed by atoms with Crippen molar-refractivity contribution in [3.63, 3.8) is 0 Å². The molecule has 114 valence electrons. The maximum absolute atomic E-state index is 5.92. The van der Waals surface area contributed by atoms with Crippen molar-refractivity contribution in [2.24, 2.45) is 0 Å². The van der Waals surface area contributed by atoms with Gasteiger partial charge in [0.2, 0.25) is 0 Å². The topological polar surface area (TPSA) is 24.9 Å². The Morgan fingerprint density at radius 1 is 1.21 bits per heavy atom. The van der Waals surface area contributed by atoms with E-state index in [4.69, 9.17) is 9.47 Å². The van der Waals surface area contributed by atoms with E-state index in [0.717, 1.165) is 59.0 Å². The highest BCUT2D eigenvalue weighted by atomic mass is 16.5. The second-order valence-electron chi connectivity index (χ2n) is 5.45. The fraction of sp³-hybridized carbons (Fsp3) is 1.00. The predicted molar refractivity (Wildman–Crippen MR) is 79.7 cm³/mol. The Kier molecular flexibility index (Phi) is 9.43. The van der Waals surface area contributed by atoms with Gasteiger partial charge in [-0.1, -0.05) is 20.3 Å². The molecule has 19 heavy (non-hydrogen) atoms. The minimum absolute atomic E-state index is 0.456. The van der Waals surface area contributed by atoms with Crippen molar-refractivity contribution in [3.8, 4) is 0 Å². The van der Waals surface area contributed by atoms with Crippen LogP contribution in [0, 0.1) is 0 Å². The number of morpholine rings is 1. The van der Waals surface area contributed by atoms with Crippen molar-refractivity contribution in [1.29, 1.82) is 0 Å². The lowest BCUT2D eigenvalue weighted by molar-refractivity contribution is 0.0225. The van der Waals surface area contributed by atoms with E-state index in [-0.39, 0.29) is 0 Å². The van der Waals surface area contributed by atoms with Gasteiger partial charge in [-0.3, -0.25) is 4.90 Å². The van der Waals surface area contributed by atoms with Crippen molar-refractivity contribution >= 4 is 0 Å². The number of ether oxygens (including phenoxy) is 2. The predicted octanol–water partition coefficient (Wildman–Crippen LogP) is 1.85. The lowest BCUT2D eigenvalue weighted by Gasteiger charge is -2.28. The smallest absolute Gasteiger partial charge is 0.0597 e. The van der Waals surface area contributed by atoms with Crippen LogP contribution < -0.4 is 0 Å². The van der Waals surface area contributed by atoms with Gasteiger partial charge in [0, 0.05) is 32.7 Å². The Morgan fingerprint density at radius 3 is 2.58 bits per heavy atom. The molecule has 0 radical (unpaired) electrons. The van der Waals surface area contributed by atoms with Crippen LogP contribution in [0.4, 0.5) is 0 Å². The highest BCUT2D eigenvalue weighted by molar-refractivity contribution is 4.64. The average molecular weight is 272 g/mol. The SMILES string of the molecule is CCCC(CC)OCCN(C)CCN1CCOCC1. The molecule has 4 heteroatoms. The Morgan fingerprint density at radius 2 is 1.95 bits per heavy atom. The molecule has 0 aromatic carbocycles. The third-order valence-corrected chi connectivity index (χ3v) is 3.79. The molecule has 0 aromatic heterocycles. The van der Waals surface area contributed by atoms with Crippen molar-refractivity contribution in [3.05, 3.63) is 0 Å². The summed E-state index contributed by atoms with van der Waals surface area (Å²) in [4.78, 5) is 4.85. The molecular formula is C15H32N2O2. The second-order valence-corrected chi connectivity index (χ2v) is 5.45. The van der Waals surface area contributed by atoms with Crippen LogP contribution in [0.25, 0.3) is 0 Å². The van der Waals surface area contributed by atoms with E-state index < -0.39 is 0 Å². The van der Waals surface area contributed by atoms with Crippen LogP contribution in [0.5, 0.6) is 0 Å². The Balaban J connectivity index is 2.01. The third kappa shape index (κ3) is 7.88. The van der Waals surface area contributed by atoms with Gasteiger partial charge in [-0.25, -0.2) is 0 Å². The van der Waals surface area contributed by atoms with Crippen molar-refractivity contribution in [2.45, 2.75) is 39.2 Å². The highest BCUT2D eigenvalue weighted by Crippen LogP contribution is 2.06. The highest BCUT2D eigenvalue weighted by Gasteiger charge is 2.11. The van der Waals surface area contributed by atoms with E-state index >= 15 is 0 Å². The molecule has 1 heterocycles. The fourth-order valence-corrected chi connectivity index (χ4v) is 2.35. The van der Waals surface area contributed by atoms with Crippen molar-refractivity contribution in [1.82, 2.24) is 9.80 Å². The minimum atomic E-state index is 0.456. The quantitative estimate of drug-likeness (QED) is 0.606. The van der Waals surface area contributed by atoms with Crippen LogP contribution in [0.1, 0.15) is 33.1 Å². The van der Waals surface area contributed by atoms with Crippen LogP contribution in [0.3, 0.4) is 0 Å².